The van der Waals surface area contributed by atoms with E-state index in [9.17, 15) is 14.9 Å². The molecule has 0 heterocycles. The highest BCUT2D eigenvalue weighted by Crippen LogP contribution is 2.22. The maximum atomic E-state index is 12.0. The molecular weight excluding hydrogens is 300 g/mol. The summed E-state index contributed by atoms with van der Waals surface area (Å²) in [5, 5.41) is 10.5. The number of nitrogens with zero attached hydrogens (tertiary/aromatic N) is 2. The van der Waals surface area contributed by atoms with E-state index < -0.39 is 4.92 Å². The minimum absolute atomic E-state index is 0.0128. The Labute approximate surface area is 114 Å². The Morgan fingerprint density at radius 2 is 1.83 bits per heavy atom. The molecule has 0 aliphatic heterocycles. The molecule has 0 bridgehead atoms. The second-order valence-electron chi connectivity index (χ2n) is 4.32. The minimum atomic E-state index is -0.465. The molecule has 0 aromatic heterocycles. The summed E-state index contributed by atoms with van der Waals surface area (Å²) in [7, 11) is 1.65. The fraction of sp³-hybridized carbons (Fsp3) is 0.417. The first-order valence-corrected chi connectivity index (χ1v) is 6.42. The SMILES string of the molecule is CC(C)C(Br)C(=O)N(C)c1ccc([N+](=O)[O-])cc1. The van der Waals surface area contributed by atoms with Crippen LogP contribution in [0.25, 0.3) is 0 Å². The first kappa shape index (κ1) is 14.6. The summed E-state index contributed by atoms with van der Waals surface area (Å²) in [5.41, 5.74) is 0.648. The van der Waals surface area contributed by atoms with Crippen LogP contribution in [0, 0.1) is 16.0 Å². The van der Waals surface area contributed by atoms with Gasteiger partial charge in [0.2, 0.25) is 5.91 Å². The van der Waals surface area contributed by atoms with Crippen molar-refractivity contribution in [3.05, 3.63) is 34.4 Å². The van der Waals surface area contributed by atoms with Gasteiger partial charge >= 0.3 is 0 Å². The Balaban J connectivity index is 2.87. The number of hydrogen-bond acceptors (Lipinski definition) is 3. The lowest BCUT2D eigenvalue weighted by molar-refractivity contribution is -0.384. The zero-order chi connectivity index (χ0) is 13.9. The number of nitro groups is 1. The monoisotopic (exact) mass is 314 g/mol. The average molecular weight is 315 g/mol. The molecule has 0 aliphatic rings. The quantitative estimate of drug-likeness (QED) is 0.487. The molecular formula is C12H15BrN2O3. The molecule has 0 spiro atoms. The van der Waals surface area contributed by atoms with Gasteiger partial charge in [0.25, 0.3) is 5.69 Å². The van der Waals surface area contributed by atoms with Crippen molar-refractivity contribution in [1.29, 1.82) is 0 Å². The maximum Gasteiger partial charge on any atom is 0.269 e. The number of halogens is 1. The van der Waals surface area contributed by atoms with Crippen LogP contribution < -0.4 is 4.90 Å². The van der Waals surface area contributed by atoms with Crippen molar-refractivity contribution in [3.63, 3.8) is 0 Å². The van der Waals surface area contributed by atoms with Gasteiger partial charge in [0, 0.05) is 24.9 Å². The molecule has 0 saturated heterocycles. The number of amides is 1. The van der Waals surface area contributed by atoms with E-state index in [1.54, 1.807) is 19.2 Å². The van der Waals surface area contributed by atoms with Gasteiger partial charge in [-0.1, -0.05) is 29.8 Å². The molecule has 0 N–H and O–H groups in total. The van der Waals surface area contributed by atoms with E-state index in [2.05, 4.69) is 15.9 Å². The Morgan fingerprint density at radius 3 is 2.22 bits per heavy atom. The van der Waals surface area contributed by atoms with Crippen LogP contribution in [-0.2, 0) is 4.79 Å². The zero-order valence-corrected chi connectivity index (χ0v) is 12.0. The highest BCUT2D eigenvalue weighted by atomic mass is 79.9. The van der Waals surface area contributed by atoms with Crippen molar-refractivity contribution in [1.82, 2.24) is 0 Å². The number of alkyl halides is 1. The van der Waals surface area contributed by atoms with E-state index in [1.165, 1.54) is 17.0 Å². The summed E-state index contributed by atoms with van der Waals surface area (Å²) in [6.07, 6.45) is 0. The summed E-state index contributed by atoms with van der Waals surface area (Å²) in [5.74, 6) is 0.108. The fourth-order valence-corrected chi connectivity index (χ4v) is 1.70. The van der Waals surface area contributed by atoms with Gasteiger partial charge in [-0.05, 0) is 18.1 Å². The first-order valence-electron chi connectivity index (χ1n) is 5.50. The standard InChI is InChI=1S/C12H15BrN2O3/c1-8(2)11(13)12(16)14(3)9-4-6-10(7-5-9)15(17)18/h4-8,11H,1-3H3. The molecule has 1 atom stereocenters. The van der Waals surface area contributed by atoms with Gasteiger partial charge in [0.15, 0.2) is 0 Å². The van der Waals surface area contributed by atoms with Crippen LogP contribution in [-0.4, -0.2) is 22.7 Å². The van der Waals surface area contributed by atoms with Crippen LogP contribution in [0.4, 0.5) is 11.4 Å². The average Bonchev–Trinajstić information content (AvgIpc) is 2.36. The molecule has 1 rings (SSSR count). The lowest BCUT2D eigenvalue weighted by Gasteiger charge is -2.22. The molecule has 0 aliphatic carbocycles. The highest BCUT2D eigenvalue weighted by Gasteiger charge is 2.23. The van der Waals surface area contributed by atoms with Crippen LogP contribution in [0.5, 0.6) is 0 Å². The fourth-order valence-electron chi connectivity index (χ4n) is 1.40. The summed E-state index contributed by atoms with van der Waals surface area (Å²) >= 11 is 3.34. The second kappa shape index (κ2) is 5.95. The van der Waals surface area contributed by atoms with Crippen molar-refractivity contribution in [2.45, 2.75) is 18.7 Å². The van der Waals surface area contributed by atoms with Gasteiger partial charge < -0.3 is 4.90 Å². The third-order valence-electron chi connectivity index (χ3n) is 2.60. The summed E-state index contributed by atoms with van der Waals surface area (Å²) in [6, 6.07) is 5.90. The third-order valence-corrected chi connectivity index (χ3v) is 4.05. The predicted molar refractivity (Wildman–Crippen MR) is 74.1 cm³/mol. The normalized spacial score (nSPS) is 12.3. The Bertz CT molecular complexity index is 445. The highest BCUT2D eigenvalue weighted by molar-refractivity contribution is 9.10. The third kappa shape index (κ3) is 3.29. The molecule has 0 fully saturated rings. The first-order chi connectivity index (χ1) is 8.34. The Kier molecular flexibility index (Phi) is 4.84. The van der Waals surface area contributed by atoms with Gasteiger partial charge in [-0.2, -0.15) is 0 Å². The van der Waals surface area contributed by atoms with Crippen molar-refractivity contribution in [3.8, 4) is 0 Å². The number of nitro benzene ring substituents is 1. The van der Waals surface area contributed by atoms with E-state index >= 15 is 0 Å². The zero-order valence-electron chi connectivity index (χ0n) is 10.5. The molecule has 6 heteroatoms. The number of carbonyl (C=O) groups is 1. The number of benzene rings is 1. The van der Waals surface area contributed by atoms with Crippen molar-refractivity contribution in [2.24, 2.45) is 5.92 Å². The molecule has 1 aromatic carbocycles. The number of rotatable bonds is 4. The van der Waals surface area contributed by atoms with Gasteiger partial charge in [-0.3, -0.25) is 14.9 Å². The van der Waals surface area contributed by atoms with E-state index in [1.807, 2.05) is 13.8 Å². The van der Waals surface area contributed by atoms with E-state index in [-0.39, 0.29) is 22.3 Å². The topological polar surface area (TPSA) is 63.5 Å². The molecule has 18 heavy (non-hydrogen) atoms. The maximum absolute atomic E-state index is 12.0. The predicted octanol–water partition coefficient (Wildman–Crippen LogP) is 2.98. The number of hydrogen-bond donors (Lipinski definition) is 0. The van der Waals surface area contributed by atoms with Gasteiger partial charge in [-0.25, -0.2) is 0 Å². The van der Waals surface area contributed by atoms with Crippen LogP contribution >= 0.6 is 15.9 Å². The molecule has 0 radical (unpaired) electrons. The molecule has 1 amide bonds. The number of non-ortho nitro benzene ring substituents is 1. The lowest BCUT2D eigenvalue weighted by Crippen LogP contribution is -2.35. The molecule has 5 nitrogen and oxygen atoms in total. The van der Waals surface area contributed by atoms with E-state index in [4.69, 9.17) is 0 Å². The largest absolute Gasteiger partial charge is 0.315 e. The smallest absolute Gasteiger partial charge is 0.269 e. The molecule has 1 unspecified atom stereocenters. The molecule has 0 saturated carbocycles. The van der Waals surface area contributed by atoms with Gasteiger partial charge in [0.05, 0.1) is 9.75 Å². The number of anilines is 1. The van der Waals surface area contributed by atoms with Crippen LogP contribution in [0.3, 0.4) is 0 Å². The summed E-state index contributed by atoms with van der Waals surface area (Å²) in [4.78, 5) is 23.3. The minimum Gasteiger partial charge on any atom is -0.315 e. The summed E-state index contributed by atoms with van der Waals surface area (Å²) in [6.45, 7) is 3.89. The number of carbonyl (C=O) groups excluding carboxylic acids is 1. The summed E-state index contributed by atoms with van der Waals surface area (Å²) < 4.78 is 0. The molecule has 1 aromatic rings. The Morgan fingerprint density at radius 1 is 1.33 bits per heavy atom. The van der Waals surface area contributed by atoms with Crippen molar-refractivity contribution in [2.75, 3.05) is 11.9 Å². The van der Waals surface area contributed by atoms with Gasteiger partial charge in [-0.15, -0.1) is 0 Å². The Hall–Kier alpha value is -1.43. The van der Waals surface area contributed by atoms with Crippen LogP contribution in [0.2, 0.25) is 0 Å². The van der Waals surface area contributed by atoms with Crippen molar-refractivity contribution >= 4 is 33.2 Å². The van der Waals surface area contributed by atoms with Crippen molar-refractivity contribution < 1.29 is 9.72 Å². The van der Waals surface area contributed by atoms with E-state index in [0.29, 0.717) is 5.69 Å². The van der Waals surface area contributed by atoms with Crippen LogP contribution in [0.15, 0.2) is 24.3 Å². The second-order valence-corrected chi connectivity index (χ2v) is 5.30. The lowest BCUT2D eigenvalue weighted by atomic mass is 10.1. The molecule has 98 valence electrons. The van der Waals surface area contributed by atoms with Crippen LogP contribution in [0.1, 0.15) is 13.8 Å². The van der Waals surface area contributed by atoms with Gasteiger partial charge in [0.1, 0.15) is 0 Å². The van der Waals surface area contributed by atoms with E-state index in [0.717, 1.165) is 0 Å².